The molecule has 110 valence electrons. The molecule has 0 unspecified atom stereocenters. The van der Waals surface area contributed by atoms with Gasteiger partial charge < -0.3 is 20.1 Å². The van der Waals surface area contributed by atoms with Crippen LogP contribution in [0.4, 0.5) is 4.79 Å². The van der Waals surface area contributed by atoms with Crippen molar-refractivity contribution in [3.63, 3.8) is 0 Å². The molecule has 2 amide bonds. The zero-order chi connectivity index (χ0) is 14.1. The van der Waals surface area contributed by atoms with Crippen molar-refractivity contribution in [1.29, 1.82) is 0 Å². The SMILES string of the molecule is CCN(C(=O)NCCOCC(=O)O)C1CCCCC1. The lowest BCUT2D eigenvalue weighted by Gasteiger charge is -2.33. The van der Waals surface area contributed by atoms with Crippen LogP contribution in [0.15, 0.2) is 0 Å². The number of rotatable bonds is 7. The van der Waals surface area contributed by atoms with Crippen molar-refractivity contribution >= 4 is 12.0 Å². The van der Waals surface area contributed by atoms with E-state index in [1.807, 2.05) is 11.8 Å². The molecule has 1 aliphatic rings. The first kappa shape index (κ1) is 15.8. The molecule has 6 nitrogen and oxygen atoms in total. The maximum atomic E-state index is 12.0. The summed E-state index contributed by atoms with van der Waals surface area (Å²) in [5, 5.41) is 11.2. The van der Waals surface area contributed by atoms with Crippen LogP contribution in [0, 0.1) is 0 Å². The Morgan fingerprint density at radius 3 is 2.58 bits per heavy atom. The third kappa shape index (κ3) is 5.92. The zero-order valence-corrected chi connectivity index (χ0v) is 11.6. The molecule has 2 N–H and O–H groups in total. The largest absolute Gasteiger partial charge is 0.480 e. The maximum Gasteiger partial charge on any atom is 0.329 e. The van der Waals surface area contributed by atoms with Gasteiger partial charge in [0.25, 0.3) is 0 Å². The van der Waals surface area contributed by atoms with Crippen LogP contribution in [0.5, 0.6) is 0 Å². The Morgan fingerprint density at radius 1 is 1.32 bits per heavy atom. The van der Waals surface area contributed by atoms with Crippen molar-refractivity contribution in [1.82, 2.24) is 10.2 Å². The molecule has 0 heterocycles. The molecular weight excluding hydrogens is 248 g/mol. The third-order valence-corrected chi connectivity index (χ3v) is 3.37. The fourth-order valence-corrected chi connectivity index (χ4v) is 2.45. The molecule has 0 aromatic heterocycles. The molecule has 1 saturated carbocycles. The van der Waals surface area contributed by atoms with Crippen LogP contribution >= 0.6 is 0 Å². The normalized spacial score (nSPS) is 16.1. The van der Waals surface area contributed by atoms with Crippen LogP contribution in [-0.2, 0) is 9.53 Å². The predicted molar refractivity (Wildman–Crippen MR) is 71.1 cm³/mol. The average molecular weight is 272 g/mol. The van der Waals surface area contributed by atoms with E-state index in [0.29, 0.717) is 19.1 Å². The number of ether oxygens (including phenoxy) is 1. The summed E-state index contributed by atoms with van der Waals surface area (Å²) < 4.78 is 4.87. The third-order valence-electron chi connectivity index (χ3n) is 3.37. The summed E-state index contributed by atoms with van der Waals surface area (Å²) in [6.07, 6.45) is 5.80. The van der Waals surface area contributed by atoms with E-state index in [1.54, 1.807) is 0 Å². The van der Waals surface area contributed by atoms with E-state index in [9.17, 15) is 9.59 Å². The van der Waals surface area contributed by atoms with E-state index >= 15 is 0 Å². The maximum absolute atomic E-state index is 12.0. The van der Waals surface area contributed by atoms with Gasteiger partial charge in [0.2, 0.25) is 0 Å². The van der Waals surface area contributed by atoms with E-state index in [4.69, 9.17) is 9.84 Å². The highest BCUT2D eigenvalue weighted by Crippen LogP contribution is 2.22. The Hall–Kier alpha value is -1.30. The molecule has 0 spiro atoms. The number of carboxylic acid groups (broad SMARTS) is 1. The number of hydrogen-bond donors (Lipinski definition) is 2. The number of nitrogens with zero attached hydrogens (tertiary/aromatic N) is 1. The highest BCUT2D eigenvalue weighted by molar-refractivity contribution is 5.74. The topological polar surface area (TPSA) is 78.9 Å². The molecule has 0 aromatic carbocycles. The van der Waals surface area contributed by atoms with Crippen molar-refractivity contribution < 1.29 is 19.4 Å². The summed E-state index contributed by atoms with van der Waals surface area (Å²) >= 11 is 0. The summed E-state index contributed by atoms with van der Waals surface area (Å²) in [7, 11) is 0. The van der Waals surface area contributed by atoms with Crippen molar-refractivity contribution in [2.45, 2.75) is 45.1 Å². The molecule has 0 aromatic rings. The number of nitrogens with one attached hydrogen (secondary N) is 1. The molecular formula is C13H24N2O4. The molecule has 19 heavy (non-hydrogen) atoms. The van der Waals surface area contributed by atoms with Gasteiger partial charge in [-0.1, -0.05) is 19.3 Å². The van der Waals surface area contributed by atoms with Gasteiger partial charge in [0, 0.05) is 19.1 Å². The summed E-state index contributed by atoms with van der Waals surface area (Å²) in [6, 6.07) is 0.270. The minimum Gasteiger partial charge on any atom is -0.480 e. The molecule has 0 radical (unpaired) electrons. The number of hydrogen-bond acceptors (Lipinski definition) is 3. The molecule has 1 fully saturated rings. The van der Waals surface area contributed by atoms with Crippen LogP contribution in [0.3, 0.4) is 0 Å². The average Bonchev–Trinajstić information content (AvgIpc) is 2.40. The van der Waals surface area contributed by atoms with Crippen molar-refractivity contribution in [2.75, 3.05) is 26.3 Å². The van der Waals surface area contributed by atoms with Crippen molar-refractivity contribution in [3.8, 4) is 0 Å². The minimum atomic E-state index is -0.997. The fourth-order valence-electron chi connectivity index (χ4n) is 2.45. The molecule has 1 aliphatic carbocycles. The number of amides is 2. The van der Waals surface area contributed by atoms with Gasteiger partial charge in [0.15, 0.2) is 0 Å². The number of carboxylic acids is 1. The Kier molecular flexibility index (Phi) is 7.25. The second kappa shape index (κ2) is 8.74. The van der Waals surface area contributed by atoms with Gasteiger partial charge in [-0.25, -0.2) is 9.59 Å². The predicted octanol–water partition coefficient (Wildman–Crippen LogP) is 1.45. The van der Waals surface area contributed by atoms with Gasteiger partial charge >= 0.3 is 12.0 Å². The Balaban J connectivity index is 2.23. The van der Waals surface area contributed by atoms with Gasteiger partial charge in [0.1, 0.15) is 6.61 Å². The molecule has 0 aliphatic heterocycles. The van der Waals surface area contributed by atoms with Crippen LogP contribution in [0.1, 0.15) is 39.0 Å². The van der Waals surface area contributed by atoms with E-state index in [-0.39, 0.29) is 19.2 Å². The number of aliphatic carboxylic acids is 1. The van der Waals surface area contributed by atoms with E-state index in [2.05, 4.69) is 5.32 Å². The first-order chi connectivity index (χ1) is 9.15. The molecule has 0 atom stereocenters. The van der Waals surface area contributed by atoms with Crippen LogP contribution in [0.25, 0.3) is 0 Å². The molecule has 0 bridgehead atoms. The summed E-state index contributed by atoms with van der Waals surface area (Å²) in [5.41, 5.74) is 0. The second-order valence-electron chi connectivity index (χ2n) is 4.76. The Bertz CT molecular complexity index is 290. The van der Waals surface area contributed by atoms with Crippen LogP contribution < -0.4 is 5.32 Å². The highest BCUT2D eigenvalue weighted by Gasteiger charge is 2.23. The monoisotopic (exact) mass is 272 g/mol. The lowest BCUT2D eigenvalue weighted by Crippen LogP contribution is -2.47. The van der Waals surface area contributed by atoms with Crippen LogP contribution in [0.2, 0.25) is 0 Å². The fraction of sp³-hybridized carbons (Fsp3) is 0.846. The van der Waals surface area contributed by atoms with E-state index in [1.165, 1.54) is 19.3 Å². The summed E-state index contributed by atoms with van der Waals surface area (Å²) in [4.78, 5) is 24.1. The molecule has 6 heteroatoms. The lowest BCUT2D eigenvalue weighted by atomic mass is 9.94. The van der Waals surface area contributed by atoms with Gasteiger partial charge in [0.05, 0.1) is 6.61 Å². The zero-order valence-electron chi connectivity index (χ0n) is 11.6. The van der Waals surface area contributed by atoms with Gasteiger partial charge in [-0.05, 0) is 19.8 Å². The van der Waals surface area contributed by atoms with Crippen molar-refractivity contribution in [2.24, 2.45) is 0 Å². The lowest BCUT2D eigenvalue weighted by molar-refractivity contribution is -0.142. The summed E-state index contributed by atoms with van der Waals surface area (Å²) in [5.74, 6) is -0.997. The van der Waals surface area contributed by atoms with Gasteiger partial charge in [-0.15, -0.1) is 0 Å². The Morgan fingerprint density at radius 2 is 2.00 bits per heavy atom. The molecule has 1 rings (SSSR count). The number of carbonyl (C=O) groups excluding carboxylic acids is 1. The Labute approximate surface area is 114 Å². The second-order valence-corrected chi connectivity index (χ2v) is 4.76. The standard InChI is InChI=1S/C13H24N2O4/c1-2-15(11-6-4-3-5-7-11)13(18)14-8-9-19-10-12(16)17/h11H,2-10H2,1H3,(H,14,18)(H,16,17). The minimum absolute atomic E-state index is 0.0756. The summed E-state index contributed by atoms with van der Waals surface area (Å²) in [6.45, 7) is 2.92. The number of urea groups is 1. The van der Waals surface area contributed by atoms with E-state index in [0.717, 1.165) is 12.8 Å². The highest BCUT2D eigenvalue weighted by atomic mass is 16.5. The van der Waals surface area contributed by atoms with Crippen LogP contribution in [-0.4, -0.2) is 54.4 Å². The van der Waals surface area contributed by atoms with E-state index < -0.39 is 5.97 Å². The molecule has 0 saturated heterocycles. The first-order valence-electron chi connectivity index (χ1n) is 6.99. The quantitative estimate of drug-likeness (QED) is 0.688. The van der Waals surface area contributed by atoms with Gasteiger partial charge in [-0.3, -0.25) is 0 Å². The smallest absolute Gasteiger partial charge is 0.329 e. The first-order valence-corrected chi connectivity index (χ1v) is 6.99. The van der Waals surface area contributed by atoms with Gasteiger partial charge in [-0.2, -0.15) is 0 Å². The number of carbonyl (C=O) groups is 2. The van der Waals surface area contributed by atoms with Crippen molar-refractivity contribution in [3.05, 3.63) is 0 Å².